The van der Waals surface area contributed by atoms with E-state index in [2.05, 4.69) is 20.8 Å². The molecule has 106 valence electrons. The minimum absolute atomic E-state index is 0.472. The Kier molecular flexibility index (Phi) is 4.09. The summed E-state index contributed by atoms with van der Waals surface area (Å²) in [4.78, 5) is 11.7. The Morgan fingerprint density at radius 3 is 2.89 bits per heavy atom. The lowest BCUT2D eigenvalue weighted by atomic mass is 10.2. The van der Waals surface area contributed by atoms with Crippen LogP contribution in [-0.4, -0.2) is 28.4 Å². The molecule has 1 saturated carbocycles. The topological polar surface area (TPSA) is 79.0 Å². The number of hydrogen-bond acceptors (Lipinski definition) is 4. The van der Waals surface area contributed by atoms with E-state index in [9.17, 15) is 4.79 Å². The summed E-state index contributed by atoms with van der Waals surface area (Å²) in [5.74, 6) is 1.42. The van der Waals surface area contributed by atoms with Crippen molar-refractivity contribution in [2.75, 3.05) is 11.9 Å². The van der Waals surface area contributed by atoms with Crippen molar-refractivity contribution in [1.29, 1.82) is 0 Å². The SMILES string of the molecule is CC(C)(C)OC(=O)Nc1[nH]ncc1CNCC1CC1. The molecule has 1 aliphatic rings. The first-order valence-electron chi connectivity index (χ1n) is 6.67. The van der Waals surface area contributed by atoms with Crippen LogP contribution >= 0.6 is 0 Å². The Labute approximate surface area is 113 Å². The highest BCUT2D eigenvalue weighted by Gasteiger charge is 2.21. The van der Waals surface area contributed by atoms with E-state index >= 15 is 0 Å². The lowest BCUT2D eigenvalue weighted by molar-refractivity contribution is 0.0635. The van der Waals surface area contributed by atoms with Crippen LogP contribution in [0.2, 0.25) is 0 Å². The van der Waals surface area contributed by atoms with E-state index in [0.29, 0.717) is 12.4 Å². The zero-order valence-corrected chi connectivity index (χ0v) is 11.7. The average molecular weight is 266 g/mol. The Morgan fingerprint density at radius 1 is 1.53 bits per heavy atom. The van der Waals surface area contributed by atoms with Gasteiger partial charge in [0.05, 0.1) is 6.20 Å². The van der Waals surface area contributed by atoms with Gasteiger partial charge in [0.15, 0.2) is 0 Å². The second-order valence-corrected chi connectivity index (χ2v) is 5.97. The maximum Gasteiger partial charge on any atom is 0.413 e. The van der Waals surface area contributed by atoms with Crippen LogP contribution in [0.15, 0.2) is 6.20 Å². The number of nitrogens with one attached hydrogen (secondary N) is 3. The highest BCUT2D eigenvalue weighted by Crippen LogP contribution is 2.27. The molecular formula is C13H22N4O2. The summed E-state index contributed by atoms with van der Waals surface area (Å²) in [7, 11) is 0. The van der Waals surface area contributed by atoms with Crippen LogP contribution in [0.1, 0.15) is 39.2 Å². The minimum atomic E-state index is -0.505. The van der Waals surface area contributed by atoms with Gasteiger partial charge in [-0.25, -0.2) is 4.79 Å². The van der Waals surface area contributed by atoms with Crippen molar-refractivity contribution in [3.05, 3.63) is 11.8 Å². The summed E-state index contributed by atoms with van der Waals surface area (Å²) in [6.45, 7) is 7.21. The second-order valence-electron chi connectivity index (χ2n) is 5.97. The number of H-pyrrole nitrogens is 1. The van der Waals surface area contributed by atoms with E-state index in [0.717, 1.165) is 18.0 Å². The normalized spacial score (nSPS) is 15.3. The average Bonchev–Trinajstić information content (AvgIpc) is 2.98. The van der Waals surface area contributed by atoms with Gasteiger partial charge in [-0.2, -0.15) is 5.10 Å². The number of amides is 1. The molecule has 0 aliphatic heterocycles. The van der Waals surface area contributed by atoms with Crippen LogP contribution in [0, 0.1) is 5.92 Å². The molecule has 0 aromatic carbocycles. The molecule has 1 amide bonds. The van der Waals surface area contributed by atoms with Gasteiger partial charge < -0.3 is 10.1 Å². The van der Waals surface area contributed by atoms with Crippen molar-refractivity contribution in [3.63, 3.8) is 0 Å². The molecule has 1 fully saturated rings. The maximum atomic E-state index is 11.7. The molecule has 3 N–H and O–H groups in total. The summed E-state index contributed by atoms with van der Waals surface area (Å²) in [5, 5.41) is 12.8. The second kappa shape index (κ2) is 5.61. The van der Waals surface area contributed by atoms with Gasteiger partial charge in [-0.05, 0) is 46.1 Å². The molecule has 1 aromatic rings. The molecule has 1 heterocycles. The van der Waals surface area contributed by atoms with Crippen molar-refractivity contribution >= 4 is 11.9 Å². The van der Waals surface area contributed by atoms with Gasteiger partial charge in [0.2, 0.25) is 0 Å². The highest BCUT2D eigenvalue weighted by atomic mass is 16.6. The molecule has 0 radical (unpaired) electrons. The molecule has 0 atom stereocenters. The van der Waals surface area contributed by atoms with E-state index in [1.165, 1.54) is 12.8 Å². The van der Waals surface area contributed by atoms with Gasteiger partial charge >= 0.3 is 6.09 Å². The molecule has 0 unspecified atom stereocenters. The summed E-state index contributed by atoms with van der Waals surface area (Å²) in [5.41, 5.74) is 0.431. The van der Waals surface area contributed by atoms with Gasteiger partial charge in [-0.3, -0.25) is 10.4 Å². The van der Waals surface area contributed by atoms with Crippen molar-refractivity contribution < 1.29 is 9.53 Å². The third-order valence-corrected chi connectivity index (χ3v) is 2.79. The molecule has 0 spiro atoms. The van der Waals surface area contributed by atoms with Gasteiger partial charge in [0, 0.05) is 12.1 Å². The lowest BCUT2D eigenvalue weighted by Crippen LogP contribution is -2.28. The van der Waals surface area contributed by atoms with Crippen molar-refractivity contribution in [1.82, 2.24) is 15.5 Å². The van der Waals surface area contributed by atoms with E-state index in [1.807, 2.05) is 20.8 Å². The van der Waals surface area contributed by atoms with Crippen molar-refractivity contribution in [2.45, 2.75) is 45.8 Å². The molecule has 6 nitrogen and oxygen atoms in total. The van der Waals surface area contributed by atoms with E-state index in [4.69, 9.17) is 4.74 Å². The zero-order chi connectivity index (χ0) is 13.9. The number of nitrogens with zero attached hydrogens (tertiary/aromatic N) is 1. The van der Waals surface area contributed by atoms with Gasteiger partial charge in [0.25, 0.3) is 0 Å². The van der Waals surface area contributed by atoms with Crippen LogP contribution in [0.3, 0.4) is 0 Å². The van der Waals surface area contributed by atoms with E-state index < -0.39 is 11.7 Å². The largest absolute Gasteiger partial charge is 0.444 e. The molecular weight excluding hydrogens is 244 g/mol. The number of hydrogen-bond donors (Lipinski definition) is 3. The molecule has 19 heavy (non-hydrogen) atoms. The first-order chi connectivity index (χ1) is 8.94. The zero-order valence-electron chi connectivity index (χ0n) is 11.7. The fraction of sp³-hybridized carbons (Fsp3) is 0.692. The van der Waals surface area contributed by atoms with E-state index in [1.54, 1.807) is 6.20 Å². The molecule has 1 aromatic heterocycles. The van der Waals surface area contributed by atoms with Crippen molar-refractivity contribution in [3.8, 4) is 0 Å². The smallest absolute Gasteiger partial charge is 0.413 e. The number of anilines is 1. The molecule has 0 saturated heterocycles. The molecule has 6 heteroatoms. The summed E-state index contributed by atoms with van der Waals surface area (Å²) in [6.07, 6.45) is 3.88. The standard InChI is InChI=1S/C13H22N4O2/c1-13(2,3)19-12(18)16-11-10(8-15-17-11)7-14-6-9-4-5-9/h8-9,14H,4-7H2,1-3H3,(H2,15,16,17,18). The number of ether oxygens (including phenoxy) is 1. The van der Waals surface area contributed by atoms with Crippen molar-refractivity contribution in [2.24, 2.45) is 5.92 Å². The number of carbonyl (C=O) groups is 1. The Bertz CT molecular complexity index is 432. The predicted octanol–water partition coefficient (Wildman–Crippen LogP) is 2.26. The first kappa shape index (κ1) is 13.9. The third-order valence-electron chi connectivity index (χ3n) is 2.79. The van der Waals surface area contributed by atoms with Gasteiger partial charge in [-0.15, -0.1) is 0 Å². The maximum absolute atomic E-state index is 11.7. The lowest BCUT2D eigenvalue weighted by Gasteiger charge is -2.19. The molecule has 0 bridgehead atoms. The predicted molar refractivity (Wildman–Crippen MR) is 72.9 cm³/mol. The summed E-state index contributed by atoms with van der Waals surface area (Å²) >= 11 is 0. The van der Waals surface area contributed by atoms with Gasteiger partial charge in [-0.1, -0.05) is 0 Å². The molecule has 1 aliphatic carbocycles. The third kappa shape index (κ3) is 4.90. The Balaban J connectivity index is 1.82. The first-order valence-corrected chi connectivity index (χ1v) is 6.67. The van der Waals surface area contributed by atoms with Gasteiger partial charge in [0.1, 0.15) is 11.4 Å². The van der Waals surface area contributed by atoms with Crippen LogP contribution in [0.5, 0.6) is 0 Å². The van der Waals surface area contributed by atoms with Crippen LogP contribution < -0.4 is 10.6 Å². The minimum Gasteiger partial charge on any atom is -0.444 e. The summed E-state index contributed by atoms with van der Waals surface area (Å²) in [6, 6.07) is 0. The van der Waals surface area contributed by atoms with Crippen LogP contribution in [0.25, 0.3) is 0 Å². The number of carbonyl (C=O) groups excluding carboxylic acids is 1. The number of aromatic amines is 1. The Hall–Kier alpha value is -1.56. The quantitative estimate of drug-likeness (QED) is 0.763. The highest BCUT2D eigenvalue weighted by molar-refractivity contribution is 5.84. The summed E-state index contributed by atoms with van der Waals surface area (Å²) < 4.78 is 5.20. The fourth-order valence-corrected chi connectivity index (χ4v) is 1.69. The Morgan fingerprint density at radius 2 is 2.26 bits per heavy atom. The molecule has 2 rings (SSSR count). The monoisotopic (exact) mass is 266 g/mol. The number of rotatable bonds is 5. The van der Waals surface area contributed by atoms with E-state index in [-0.39, 0.29) is 0 Å². The van der Waals surface area contributed by atoms with Crippen LogP contribution in [-0.2, 0) is 11.3 Å². The van der Waals surface area contributed by atoms with Crippen LogP contribution in [0.4, 0.5) is 10.6 Å². The number of aromatic nitrogens is 2. The fourth-order valence-electron chi connectivity index (χ4n) is 1.69.